The van der Waals surface area contributed by atoms with Crippen LogP contribution in [0.1, 0.15) is 76.8 Å². The van der Waals surface area contributed by atoms with Crippen LogP contribution in [-0.4, -0.2) is 174 Å². The molecule has 474 valence electrons. The third kappa shape index (κ3) is 15.5. The van der Waals surface area contributed by atoms with Gasteiger partial charge in [0.05, 0.1) is 31.9 Å². The van der Waals surface area contributed by atoms with E-state index in [1.54, 1.807) is 26.0 Å². The number of nitrogens with zero attached hydrogens (tertiary/aromatic N) is 8. The molecule has 4 unspecified atom stereocenters. The highest BCUT2D eigenvalue weighted by Crippen LogP contribution is 2.54. The summed E-state index contributed by atoms with van der Waals surface area (Å²) in [5.74, 6) is -3.80. The number of urea groups is 1. The number of Topliss-reactive ketones (excluding diaryl/α,β-unsaturated/α-hetero) is 1. The van der Waals surface area contributed by atoms with Crippen LogP contribution in [0.2, 0.25) is 0 Å². The summed E-state index contributed by atoms with van der Waals surface area (Å²) in [4.78, 5) is 147. The lowest BCUT2D eigenvalue weighted by Gasteiger charge is -2.25. The van der Waals surface area contributed by atoms with Crippen molar-refractivity contribution in [2.45, 2.75) is 121 Å². The number of aliphatic hydroxyl groups excluding tert-OH is 2. The summed E-state index contributed by atoms with van der Waals surface area (Å²) >= 11 is 0. The number of carbonyl (C=O) groups is 7. The van der Waals surface area contributed by atoms with E-state index >= 15 is 0 Å². The molecule has 12 atom stereocenters. The maximum absolute atomic E-state index is 13.8. The predicted octanol–water partition coefficient (Wildman–Crippen LogP) is 0.414. The minimum atomic E-state index is -5.30. The van der Waals surface area contributed by atoms with E-state index in [9.17, 15) is 67.5 Å². The molecule has 0 spiro atoms. The van der Waals surface area contributed by atoms with E-state index in [0.29, 0.717) is 30.5 Å². The number of ether oxygens (including phenoxy) is 3. The summed E-state index contributed by atoms with van der Waals surface area (Å²) in [7, 11) is -10.5. The Labute approximate surface area is 497 Å². The number of benzene rings is 1. The van der Waals surface area contributed by atoms with Gasteiger partial charge < -0.3 is 61.6 Å². The van der Waals surface area contributed by atoms with Crippen LogP contribution in [0.5, 0.6) is 0 Å². The highest BCUT2D eigenvalue weighted by molar-refractivity contribution is 7.47. The number of imidazole rings is 2. The third-order valence-electron chi connectivity index (χ3n) is 14.5. The first-order valence-corrected chi connectivity index (χ1v) is 30.4. The number of hydrogen-bond donors (Lipinski definition) is 11. The Morgan fingerprint density at radius 1 is 0.807 bits per heavy atom. The molecule has 0 saturated carbocycles. The van der Waals surface area contributed by atoms with Gasteiger partial charge in [0.25, 0.3) is 17.4 Å². The number of phosphoric acid groups is 2. The first kappa shape index (κ1) is 64.5. The fraction of sp³-hybridized carbons (Fsp3) is 0.500. The topological polar surface area (TPSA) is 510 Å². The second-order valence-electron chi connectivity index (χ2n) is 21.1. The van der Waals surface area contributed by atoms with Gasteiger partial charge in [-0.2, -0.15) is 4.98 Å². The van der Waals surface area contributed by atoms with Gasteiger partial charge in [-0.3, -0.25) is 71.2 Å². The zero-order valence-corrected chi connectivity index (χ0v) is 48.7. The molecule has 4 aliphatic heterocycles. The van der Waals surface area contributed by atoms with Crippen LogP contribution in [0.4, 0.5) is 27.0 Å². The lowest BCUT2D eigenvalue weighted by Crippen LogP contribution is -2.45. The number of amides is 7. The number of hydrogen-bond acceptors (Lipinski definition) is 25. The molecule has 0 aliphatic carbocycles. The number of ketones is 1. The molecule has 5 aromatic rings. The summed E-state index contributed by atoms with van der Waals surface area (Å²) in [6.07, 6.45) is -7.44. The van der Waals surface area contributed by atoms with E-state index in [-0.39, 0.29) is 109 Å². The van der Waals surface area contributed by atoms with Crippen molar-refractivity contribution in [1.29, 1.82) is 0 Å². The van der Waals surface area contributed by atoms with Crippen molar-refractivity contribution in [3.8, 4) is 0 Å². The maximum atomic E-state index is 13.8. The number of rotatable bonds is 22. The fourth-order valence-electron chi connectivity index (χ4n) is 10.1. The third-order valence-corrected chi connectivity index (χ3v) is 16.4. The normalized spacial score (nSPS) is 26.2. The molecule has 3 saturated heterocycles. The molecule has 36 nitrogen and oxygen atoms in total. The molecular weight excluding hydrogens is 1210 g/mol. The van der Waals surface area contributed by atoms with E-state index in [2.05, 4.69) is 51.2 Å². The SMILES string of the molecule is CC(C)[C@H](NC(=O)CCCCCN1C(=O)C=CC1=O)C(=O)C[C@@H](CCCNC(N)=O)C(=O)Nc1ccc(COC(=O)Nc2ncnc3c2ncn3[C@@H]2O[C@@H]3COP(=O)(O)O[C@@H]4C(O)[C@H](n5cnc6c(=O)[nH]c(N)nc65)O[C@@H]4COP(=O)(O)OC2[C@H]3O)cc1. The van der Waals surface area contributed by atoms with Gasteiger partial charge in [-0.05, 0) is 49.3 Å². The van der Waals surface area contributed by atoms with Gasteiger partial charge >= 0.3 is 27.8 Å². The number of nitrogens with two attached hydrogens (primary N) is 2. The van der Waals surface area contributed by atoms with Crippen molar-refractivity contribution >= 4 is 97.0 Å². The summed E-state index contributed by atoms with van der Waals surface area (Å²) in [6, 6.07) is 4.50. The Morgan fingerprint density at radius 3 is 2.16 bits per heavy atom. The number of imide groups is 1. The molecule has 8 heterocycles. The Morgan fingerprint density at radius 2 is 1.47 bits per heavy atom. The van der Waals surface area contributed by atoms with Gasteiger partial charge in [0, 0.05) is 49.7 Å². The summed E-state index contributed by atoms with van der Waals surface area (Å²) in [5, 5.41) is 33.3. The van der Waals surface area contributed by atoms with Gasteiger partial charge in [-0.15, -0.1) is 0 Å². The first-order chi connectivity index (χ1) is 41.8. The molecular formula is C50H63N15O21P2. The molecule has 13 N–H and O–H groups in total. The minimum absolute atomic E-state index is 0.0869. The number of aromatic nitrogens is 8. The number of phosphoric ester groups is 2. The predicted molar refractivity (Wildman–Crippen MR) is 299 cm³/mol. The van der Waals surface area contributed by atoms with Crippen molar-refractivity contribution in [2.75, 3.05) is 42.7 Å². The number of H-pyrrole nitrogens is 1. The Balaban J connectivity index is 0.797. The van der Waals surface area contributed by atoms with Crippen molar-refractivity contribution in [1.82, 2.24) is 54.6 Å². The van der Waals surface area contributed by atoms with Gasteiger partial charge in [-0.25, -0.2) is 38.7 Å². The van der Waals surface area contributed by atoms with Crippen molar-refractivity contribution in [2.24, 2.45) is 17.6 Å². The largest absolute Gasteiger partial charge is 0.472 e. The molecule has 1 aromatic carbocycles. The summed E-state index contributed by atoms with van der Waals surface area (Å²) in [5.41, 5.74) is 10.4. The minimum Gasteiger partial charge on any atom is -0.444 e. The standard InChI is InChI=1S/C50H63N15O21P2/c1-24(2)34(59-31(67)8-4-3-5-16-63-32(68)13-14-33(63)69)28(66)17-26(7-6-15-53-49(52)74)44(72)58-27-11-9-25(10-12-27)18-80-50(75)60-41-35-42(55-21-54-41)64(22-56-35)47-40-37(70)29(83-47)19-81-87(76,77)85-39-30(20-82-88(78,79)86-40)84-46(38(39)71)65-23-57-36-43(65)61-48(51)62-45(36)73/h9-14,21-24,26,29-30,34,37-40,46-47,70-71H,3-8,15-20H2,1-2H3,(H,58,72)(H,59,67)(H,76,77)(H,78,79)(H3,52,53,74)(H3,51,61,62,73)(H,54,55,60,75)/t26-,29-,30-,34+,37+,38?,39+,40?,46-,47-/m1/s1. The Bertz CT molecular complexity index is 3620. The number of fused-ring (bicyclic) bond motifs is 5. The van der Waals surface area contributed by atoms with Crippen LogP contribution in [0, 0.1) is 11.8 Å². The number of nitrogens with one attached hydrogen (secondary N) is 5. The van der Waals surface area contributed by atoms with E-state index in [1.807, 2.05) is 0 Å². The van der Waals surface area contributed by atoms with Crippen LogP contribution in [-0.2, 0) is 72.0 Å². The molecule has 88 heavy (non-hydrogen) atoms. The zero-order valence-electron chi connectivity index (χ0n) is 46.9. The first-order valence-electron chi connectivity index (χ1n) is 27.5. The number of primary amides is 1. The molecule has 9 rings (SSSR count). The van der Waals surface area contributed by atoms with Crippen LogP contribution < -0.4 is 38.3 Å². The van der Waals surface area contributed by atoms with Crippen LogP contribution >= 0.6 is 15.6 Å². The maximum Gasteiger partial charge on any atom is 0.472 e. The smallest absolute Gasteiger partial charge is 0.444 e. The highest BCUT2D eigenvalue weighted by atomic mass is 31.2. The number of anilines is 3. The number of aliphatic hydroxyl groups is 2. The molecule has 38 heteroatoms. The highest BCUT2D eigenvalue weighted by Gasteiger charge is 2.54. The lowest BCUT2D eigenvalue weighted by atomic mass is 9.89. The zero-order chi connectivity index (χ0) is 63.2. The van der Waals surface area contributed by atoms with Crippen LogP contribution in [0.3, 0.4) is 0 Å². The molecule has 0 radical (unpaired) electrons. The molecule has 7 amide bonds. The number of nitrogen functional groups attached to an aromatic ring is 1. The van der Waals surface area contributed by atoms with Crippen molar-refractivity contribution < 1.29 is 95.0 Å². The molecule has 2 bridgehead atoms. The monoisotopic (exact) mass is 1270 g/mol. The van der Waals surface area contributed by atoms with Gasteiger partial charge in [0.15, 0.2) is 46.4 Å². The van der Waals surface area contributed by atoms with Crippen molar-refractivity contribution in [3.63, 3.8) is 0 Å². The molecule has 3 fully saturated rings. The Hall–Kier alpha value is -7.99. The van der Waals surface area contributed by atoms with E-state index in [1.165, 1.54) is 24.3 Å². The number of carbonyl (C=O) groups excluding carboxylic acids is 7. The van der Waals surface area contributed by atoms with Crippen LogP contribution in [0.15, 0.2) is 60.2 Å². The summed E-state index contributed by atoms with van der Waals surface area (Å²) < 4.78 is 67.9. The van der Waals surface area contributed by atoms with Crippen LogP contribution in [0.25, 0.3) is 22.3 Å². The number of unbranched alkanes of at least 4 members (excludes halogenated alkanes) is 2. The second-order valence-corrected chi connectivity index (χ2v) is 23.9. The van der Waals surface area contributed by atoms with Gasteiger partial charge in [0.2, 0.25) is 17.8 Å². The van der Waals surface area contributed by atoms with Gasteiger partial charge in [0.1, 0.15) is 49.6 Å². The molecule has 4 aromatic heterocycles. The van der Waals surface area contributed by atoms with E-state index < -0.39 is 113 Å². The fourth-order valence-corrected chi connectivity index (χ4v) is 12.0. The average Bonchev–Trinajstić information content (AvgIpc) is 1.69. The second kappa shape index (κ2) is 27.6. The van der Waals surface area contributed by atoms with E-state index in [4.69, 9.17) is 43.8 Å². The number of aromatic amines is 1. The van der Waals surface area contributed by atoms with Crippen molar-refractivity contribution in [3.05, 3.63) is 71.3 Å². The Kier molecular flexibility index (Phi) is 20.2. The van der Waals surface area contributed by atoms with E-state index in [0.717, 1.165) is 33.0 Å². The molecule has 4 aliphatic rings. The average molecular weight is 1270 g/mol. The lowest BCUT2D eigenvalue weighted by molar-refractivity contribution is -0.137. The quantitative estimate of drug-likeness (QED) is 0.0254. The summed E-state index contributed by atoms with van der Waals surface area (Å²) in [6.45, 7) is 1.69. The van der Waals surface area contributed by atoms with Gasteiger partial charge in [-0.1, -0.05) is 32.4 Å².